The predicted octanol–water partition coefficient (Wildman–Crippen LogP) is -0.968. The van der Waals surface area contributed by atoms with Gasteiger partial charge in [-0.25, -0.2) is 0 Å². The van der Waals surface area contributed by atoms with Gasteiger partial charge in [-0.1, -0.05) is 12.8 Å². The van der Waals surface area contributed by atoms with Crippen molar-refractivity contribution in [1.82, 2.24) is 5.32 Å². The van der Waals surface area contributed by atoms with Gasteiger partial charge in [-0.3, -0.25) is 0 Å². The van der Waals surface area contributed by atoms with Gasteiger partial charge in [0, 0.05) is 19.8 Å². The first kappa shape index (κ1) is 19.1. The normalized spacial score (nSPS) is 30.9. The molecular weight excluding hydrogens is 274 g/mol. The number of hydrogen-bond acceptors (Lipinski definition) is 6. The van der Waals surface area contributed by atoms with Gasteiger partial charge in [0.1, 0.15) is 12.2 Å². The van der Waals surface area contributed by atoms with Crippen LogP contribution in [0, 0.1) is 0 Å². The molecule has 0 aromatic carbocycles. The third-order valence-corrected chi connectivity index (χ3v) is 3.28. The third-order valence-electron chi connectivity index (χ3n) is 3.28. The standard InChI is InChI=1S/C12H25NO5.ClH/c14-5-3-1-2-4-6-18-12-9(8-15)13-7-10(16)11(12)17;/h9-17H,1-8H2;1H/t9-,10+,11-,12-;/m1./s1. The number of halogens is 1. The first-order chi connectivity index (χ1) is 8.70. The van der Waals surface area contributed by atoms with Crippen molar-refractivity contribution in [3.63, 3.8) is 0 Å². The lowest BCUT2D eigenvalue weighted by Gasteiger charge is -2.38. The van der Waals surface area contributed by atoms with Gasteiger partial charge < -0.3 is 30.5 Å². The van der Waals surface area contributed by atoms with Crippen LogP contribution >= 0.6 is 12.4 Å². The molecule has 1 aliphatic rings. The van der Waals surface area contributed by atoms with Crippen LogP contribution in [0.2, 0.25) is 0 Å². The third kappa shape index (κ3) is 6.35. The Morgan fingerprint density at radius 3 is 2.37 bits per heavy atom. The molecule has 6 nitrogen and oxygen atoms in total. The maximum Gasteiger partial charge on any atom is 0.109 e. The molecule has 1 fully saturated rings. The van der Waals surface area contributed by atoms with Gasteiger partial charge in [0.05, 0.1) is 18.8 Å². The molecule has 0 radical (unpaired) electrons. The van der Waals surface area contributed by atoms with Gasteiger partial charge in [-0.15, -0.1) is 12.4 Å². The molecule has 0 unspecified atom stereocenters. The Morgan fingerprint density at radius 1 is 1.05 bits per heavy atom. The van der Waals surface area contributed by atoms with Crippen molar-refractivity contribution in [2.24, 2.45) is 0 Å². The summed E-state index contributed by atoms with van der Waals surface area (Å²) in [5.41, 5.74) is 0. The van der Waals surface area contributed by atoms with E-state index >= 15 is 0 Å². The Labute approximate surface area is 120 Å². The topological polar surface area (TPSA) is 102 Å². The van der Waals surface area contributed by atoms with Gasteiger partial charge in [0.2, 0.25) is 0 Å². The zero-order chi connectivity index (χ0) is 13.4. The molecule has 1 saturated heterocycles. The number of nitrogens with one attached hydrogen (secondary N) is 1. The summed E-state index contributed by atoms with van der Waals surface area (Å²) < 4.78 is 5.55. The van der Waals surface area contributed by atoms with Crippen LogP contribution < -0.4 is 5.32 Å². The number of hydrogen-bond donors (Lipinski definition) is 5. The molecule has 0 amide bonds. The fourth-order valence-corrected chi connectivity index (χ4v) is 2.14. The second-order valence-corrected chi connectivity index (χ2v) is 4.73. The molecule has 0 saturated carbocycles. The van der Waals surface area contributed by atoms with E-state index in [0.29, 0.717) is 6.61 Å². The average molecular weight is 300 g/mol. The monoisotopic (exact) mass is 299 g/mol. The largest absolute Gasteiger partial charge is 0.396 e. The molecule has 4 atom stereocenters. The van der Waals surface area contributed by atoms with E-state index < -0.39 is 18.3 Å². The van der Waals surface area contributed by atoms with Gasteiger partial charge in [0.25, 0.3) is 0 Å². The van der Waals surface area contributed by atoms with Crippen molar-refractivity contribution in [3.05, 3.63) is 0 Å². The van der Waals surface area contributed by atoms with Crippen LogP contribution in [0.4, 0.5) is 0 Å². The first-order valence-electron chi connectivity index (χ1n) is 6.63. The molecule has 1 rings (SSSR count). The fraction of sp³-hybridized carbons (Fsp3) is 1.00. The molecule has 0 aromatic rings. The molecule has 0 aromatic heterocycles. The summed E-state index contributed by atoms with van der Waals surface area (Å²) in [6.45, 7) is 0.838. The highest BCUT2D eigenvalue weighted by Crippen LogP contribution is 2.15. The van der Waals surface area contributed by atoms with Crippen LogP contribution in [0.25, 0.3) is 0 Å². The van der Waals surface area contributed by atoms with E-state index in [9.17, 15) is 15.3 Å². The highest BCUT2D eigenvalue weighted by molar-refractivity contribution is 5.85. The van der Waals surface area contributed by atoms with E-state index in [-0.39, 0.29) is 38.2 Å². The Balaban J connectivity index is 0.00000324. The van der Waals surface area contributed by atoms with Gasteiger partial charge in [-0.05, 0) is 12.8 Å². The lowest BCUT2D eigenvalue weighted by Crippen LogP contribution is -2.61. The van der Waals surface area contributed by atoms with Crippen LogP contribution in [0.15, 0.2) is 0 Å². The summed E-state index contributed by atoms with van der Waals surface area (Å²) in [6.07, 6.45) is 1.17. The predicted molar refractivity (Wildman–Crippen MR) is 73.4 cm³/mol. The fourth-order valence-electron chi connectivity index (χ4n) is 2.14. The van der Waals surface area contributed by atoms with Crippen molar-refractivity contribution in [2.45, 2.75) is 50.0 Å². The van der Waals surface area contributed by atoms with Gasteiger partial charge >= 0.3 is 0 Å². The summed E-state index contributed by atoms with van der Waals surface area (Å²) in [5, 5.41) is 40.1. The van der Waals surface area contributed by atoms with E-state index in [0.717, 1.165) is 25.7 Å². The average Bonchev–Trinajstić information content (AvgIpc) is 2.38. The van der Waals surface area contributed by atoms with Crippen LogP contribution in [0.5, 0.6) is 0 Å². The van der Waals surface area contributed by atoms with E-state index in [1.165, 1.54) is 0 Å². The molecule has 7 heteroatoms. The minimum atomic E-state index is -0.958. The summed E-state index contributed by atoms with van der Waals surface area (Å²) >= 11 is 0. The van der Waals surface area contributed by atoms with Crippen LogP contribution in [0.3, 0.4) is 0 Å². The maximum absolute atomic E-state index is 9.82. The Kier molecular flexibility index (Phi) is 10.8. The van der Waals surface area contributed by atoms with E-state index in [1.54, 1.807) is 0 Å². The van der Waals surface area contributed by atoms with Crippen LogP contribution in [-0.4, -0.2) is 71.1 Å². The molecule has 19 heavy (non-hydrogen) atoms. The van der Waals surface area contributed by atoms with E-state index in [4.69, 9.17) is 9.84 Å². The molecule has 1 heterocycles. The van der Waals surface area contributed by atoms with Crippen molar-refractivity contribution in [3.8, 4) is 0 Å². The van der Waals surface area contributed by atoms with Crippen molar-refractivity contribution in [1.29, 1.82) is 0 Å². The summed E-state index contributed by atoms with van der Waals surface area (Å²) in [4.78, 5) is 0. The van der Waals surface area contributed by atoms with Crippen molar-refractivity contribution < 1.29 is 25.2 Å². The minimum absolute atomic E-state index is 0. The molecule has 0 spiro atoms. The molecule has 1 aliphatic heterocycles. The first-order valence-corrected chi connectivity index (χ1v) is 6.63. The quantitative estimate of drug-likeness (QED) is 0.370. The minimum Gasteiger partial charge on any atom is -0.396 e. The Hall–Kier alpha value is 0.0500. The number of β-amino-alcohol motifs (C(OH)–C–C–N with tert-alkyl or cyclic N) is 1. The number of rotatable bonds is 8. The zero-order valence-electron chi connectivity index (χ0n) is 11.1. The molecule has 0 bridgehead atoms. The van der Waals surface area contributed by atoms with Crippen molar-refractivity contribution in [2.75, 3.05) is 26.4 Å². The molecule has 0 aliphatic carbocycles. The Bertz CT molecular complexity index is 220. The smallest absolute Gasteiger partial charge is 0.109 e. The molecule has 5 N–H and O–H groups in total. The molecular formula is C12H26ClNO5. The van der Waals surface area contributed by atoms with E-state index in [1.807, 2.05) is 0 Å². The summed E-state index contributed by atoms with van der Waals surface area (Å²) in [7, 11) is 0. The van der Waals surface area contributed by atoms with E-state index in [2.05, 4.69) is 5.32 Å². The number of piperidine rings is 1. The highest BCUT2D eigenvalue weighted by Gasteiger charge is 2.37. The molecule has 116 valence electrons. The SMILES string of the molecule is Cl.OCCCCCCO[C@H]1[C@H](O)[C@@H](O)CN[C@@H]1CO. The highest BCUT2D eigenvalue weighted by atomic mass is 35.5. The second-order valence-electron chi connectivity index (χ2n) is 4.73. The van der Waals surface area contributed by atoms with Crippen molar-refractivity contribution >= 4 is 12.4 Å². The number of aliphatic hydroxyl groups is 4. The van der Waals surface area contributed by atoms with Crippen LogP contribution in [0.1, 0.15) is 25.7 Å². The van der Waals surface area contributed by atoms with Gasteiger partial charge in [-0.2, -0.15) is 0 Å². The number of ether oxygens (including phenoxy) is 1. The Morgan fingerprint density at radius 2 is 1.74 bits per heavy atom. The summed E-state index contributed by atoms with van der Waals surface area (Å²) in [6, 6.07) is -0.333. The lowest BCUT2D eigenvalue weighted by molar-refractivity contribution is -0.129. The van der Waals surface area contributed by atoms with Gasteiger partial charge in [0.15, 0.2) is 0 Å². The summed E-state index contributed by atoms with van der Waals surface area (Å²) in [5.74, 6) is 0. The second kappa shape index (κ2) is 10.8. The zero-order valence-corrected chi connectivity index (χ0v) is 11.9. The maximum atomic E-state index is 9.82. The number of unbranched alkanes of at least 4 members (excludes halogenated alkanes) is 3. The lowest BCUT2D eigenvalue weighted by atomic mass is 9.96. The van der Waals surface area contributed by atoms with Crippen LogP contribution in [-0.2, 0) is 4.74 Å². The number of aliphatic hydroxyl groups excluding tert-OH is 4.